The largest absolute Gasteiger partial charge is 0.465 e. The van der Waals surface area contributed by atoms with Crippen molar-refractivity contribution < 1.29 is 14.3 Å². The van der Waals surface area contributed by atoms with E-state index in [2.05, 4.69) is 4.99 Å². The zero-order valence-electron chi connectivity index (χ0n) is 14.7. The Bertz CT molecular complexity index is 1100. The fourth-order valence-corrected chi connectivity index (χ4v) is 4.18. The highest BCUT2D eigenvalue weighted by Crippen LogP contribution is 2.22. The molecule has 0 aliphatic rings. The molecule has 2 aromatic carbocycles. The number of carbonyl (C=O) groups is 2. The Morgan fingerprint density at radius 3 is 2.67 bits per heavy atom. The Kier molecular flexibility index (Phi) is 5.99. The molecule has 0 atom stereocenters. The van der Waals surface area contributed by atoms with Crippen LogP contribution in [0.15, 0.2) is 41.4 Å². The van der Waals surface area contributed by atoms with Crippen molar-refractivity contribution in [2.75, 3.05) is 6.61 Å². The molecule has 0 radical (unpaired) electrons. The molecule has 140 valence electrons. The van der Waals surface area contributed by atoms with Crippen LogP contribution in [-0.2, 0) is 16.1 Å². The lowest BCUT2D eigenvalue weighted by atomic mass is 10.2. The zero-order valence-corrected chi connectivity index (χ0v) is 17.0. The maximum atomic E-state index is 12.6. The number of hydrogen-bond donors (Lipinski definition) is 0. The molecule has 0 N–H and O–H groups in total. The molecule has 0 spiro atoms. The summed E-state index contributed by atoms with van der Waals surface area (Å²) >= 11 is 13.3. The summed E-state index contributed by atoms with van der Waals surface area (Å²) in [5, 5.41) is 0.663. The van der Waals surface area contributed by atoms with Crippen LogP contribution in [0.4, 0.5) is 0 Å². The molecular weight excluding hydrogens is 407 g/mol. The summed E-state index contributed by atoms with van der Waals surface area (Å²) in [5.41, 5.74) is 2.13. The maximum Gasteiger partial charge on any atom is 0.326 e. The number of rotatable bonds is 4. The van der Waals surface area contributed by atoms with E-state index in [-0.39, 0.29) is 23.7 Å². The Morgan fingerprint density at radius 1 is 1.19 bits per heavy atom. The average molecular weight is 423 g/mol. The first-order valence-corrected chi connectivity index (χ1v) is 9.76. The number of aryl methyl sites for hydroxylation is 1. The number of esters is 1. The molecule has 3 rings (SSSR count). The van der Waals surface area contributed by atoms with E-state index >= 15 is 0 Å². The second-order valence-corrected chi connectivity index (χ2v) is 7.64. The fraction of sp³-hybridized carbons (Fsp3) is 0.211. The van der Waals surface area contributed by atoms with Crippen LogP contribution in [0.1, 0.15) is 22.8 Å². The van der Waals surface area contributed by atoms with Gasteiger partial charge in [-0.15, -0.1) is 0 Å². The zero-order chi connectivity index (χ0) is 19.6. The predicted octanol–water partition coefficient (Wildman–Crippen LogP) is 4.62. The lowest BCUT2D eigenvalue weighted by molar-refractivity contribution is -0.143. The number of nitrogens with zero attached hydrogens (tertiary/aromatic N) is 2. The molecule has 1 heterocycles. The van der Waals surface area contributed by atoms with Gasteiger partial charge in [-0.2, -0.15) is 4.99 Å². The molecule has 0 bridgehead atoms. The fourth-order valence-electron chi connectivity index (χ4n) is 2.56. The minimum Gasteiger partial charge on any atom is -0.465 e. The van der Waals surface area contributed by atoms with Gasteiger partial charge < -0.3 is 9.30 Å². The number of ether oxygens (including phenoxy) is 1. The third-order valence-corrected chi connectivity index (χ3v) is 5.38. The summed E-state index contributed by atoms with van der Waals surface area (Å²) in [7, 11) is 0. The predicted molar refractivity (Wildman–Crippen MR) is 108 cm³/mol. The Labute approximate surface area is 169 Å². The van der Waals surface area contributed by atoms with Crippen molar-refractivity contribution in [3.8, 4) is 0 Å². The van der Waals surface area contributed by atoms with E-state index in [4.69, 9.17) is 27.9 Å². The summed E-state index contributed by atoms with van der Waals surface area (Å²) in [4.78, 5) is 29.3. The number of halogens is 2. The second kappa shape index (κ2) is 8.25. The summed E-state index contributed by atoms with van der Waals surface area (Å²) in [5.74, 6) is -0.895. The van der Waals surface area contributed by atoms with Crippen molar-refractivity contribution >= 4 is 56.6 Å². The maximum absolute atomic E-state index is 12.6. The molecule has 8 heteroatoms. The van der Waals surface area contributed by atoms with Crippen molar-refractivity contribution in [1.82, 2.24) is 4.57 Å². The van der Waals surface area contributed by atoms with E-state index in [0.717, 1.165) is 15.8 Å². The van der Waals surface area contributed by atoms with E-state index in [1.165, 1.54) is 23.5 Å². The van der Waals surface area contributed by atoms with Gasteiger partial charge in [0.25, 0.3) is 5.91 Å². The molecular formula is C19H16Cl2N2O3S. The van der Waals surface area contributed by atoms with Gasteiger partial charge in [0.05, 0.1) is 27.4 Å². The van der Waals surface area contributed by atoms with Crippen LogP contribution in [0.5, 0.6) is 0 Å². The molecule has 1 aromatic heterocycles. The third-order valence-electron chi connectivity index (χ3n) is 3.79. The monoisotopic (exact) mass is 422 g/mol. The van der Waals surface area contributed by atoms with Crippen LogP contribution in [0, 0.1) is 6.92 Å². The van der Waals surface area contributed by atoms with Crippen LogP contribution < -0.4 is 4.80 Å². The number of hydrogen-bond acceptors (Lipinski definition) is 4. The van der Waals surface area contributed by atoms with Gasteiger partial charge >= 0.3 is 5.97 Å². The first-order valence-electron chi connectivity index (χ1n) is 8.18. The van der Waals surface area contributed by atoms with Gasteiger partial charge in [-0.05, 0) is 49.7 Å². The molecule has 0 saturated carbocycles. The SMILES string of the molecule is CCOC(=O)Cn1c(=NC(=O)c2ccc(Cl)cc2Cl)sc2cc(C)ccc21. The molecule has 1 amide bonds. The van der Waals surface area contributed by atoms with Gasteiger partial charge in [-0.3, -0.25) is 9.59 Å². The van der Waals surface area contributed by atoms with E-state index in [1.54, 1.807) is 17.6 Å². The molecule has 0 aliphatic heterocycles. The highest BCUT2D eigenvalue weighted by molar-refractivity contribution is 7.16. The van der Waals surface area contributed by atoms with E-state index in [0.29, 0.717) is 9.82 Å². The van der Waals surface area contributed by atoms with Crippen molar-refractivity contribution in [1.29, 1.82) is 0 Å². The minimum atomic E-state index is -0.502. The Morgan fingerprint density at radius 2 is 1.96 bits per heavy atom. The van der Waals surface area contributed by atoms with Crippen molar-refractivity contribution in [3.05, 3.63) is 62.4 Å². The molecule has 0 fully saturated rings. The molecule has 27 heavy (non-hydrogen) atoms. The van der Waals surface area contributed by atoms with Crippen LogP contribution in [0.3, 0.4) is 0 Å². The molecule has 0 unspecified atom stereocenters. The van der Waals surface area contributed by atoms with Gasteiger partial charge in [0.1, 0.15) is 6.54 Å². The number of carbonyl (C=O) groups excluding carboxylic acids is 2. The molecule has 5 nitrogen and oxygen atoms in total. The van der Waals surface area contributed by atoms with Gasteiger partial charge in [0.2, 0.25) is 0 Å². The standard InChI is InChI=1S/C19H16Cl2N2O3S/c1-3-26-17(24)10-23-15-7-4-11(2)8-16(15)27-19(23)22-18(25)13-6-5-12(20)9-14(13)21/h4-9H,3,10H2,1-2H3. The summed E-state index contributed by atoms with van der Waals surface area (Å²) in [6.45, 7) is 3.98. The number of thiazole rings is 1. The van der Waals surface area contributed by atoms with Crippen molar-refractivity contribution in [3.63, 3.8) is 0 Å². The average Bonchev–Trinajstić information content (AvgIpc) is 2.91. The first kappa shape index (κ1) is 19.6. The van der Waals surface area contributed by atoms with E-state index in [1.807, 2.05) is 25.1 Å². The lowest BCUT2D eigenvalue weighted by Crippen LogP contribution is -2.23. The Balaban J connectivity index is 2.12. The highest BCUT2D eigenvalue weighted by Gasteiger charge is 2.14. The van der Waals surface area contributed by atoms with Crippen LogP contribution in [0.2, 0.25) is 10.0 Å². The number of aromatic nitrogens is 1. The molecule has 0 saturated heterocycles. The van der Waals surface area contributed by atoms with E-state index in [9.17, 15) is 9.59 Å². The van der Waals surface area contributed by atoms with Gasteiger partial charge in [-0.25, -0.2) is 0 Å². The smallest absolute Gasteiger partial charge is 0.326 e. The second-order valence-electron chi connectivity index (χ2n) is 5.79. The van der Waals surface area contributed by atoms with Crippen molar-refractivity contribution in [2.24, 2.45) is 4.99 Å². The minimum absolute atomic E-state index is 0.0304. The normalized spacial score (nSPS) is 11.8. The number of amides is 1. The lowest BCUT2D eigenvalue weighted by Gasteiger charge is -2.05. The van der Waals surface area contributed by atoms with Crippen LogP contribution in [0.25, 0.3) is 10.2 Å². The topological polar surface area (TPSA) is 60.7 Å². The molecule has 0 aliphatic carbocycles. The summed E-state index contributed by atoms with van der Waals surface area (Å²) in [6.07, 6.45) is 0. The van der Waals surface area contributed by atoms with Gasteiger partial charge in [0, 0.05) is 5.02 Å². The molecule has 3 aromatic rings. The highest BCUT2D eigenvalue weighted by atomic mass is 35.5. The Hall–Kier alpha value is -2.15. The third kappa shape index (κ3) is 4.40. The van der Waals surface area contributed by atoms with Gasteiger partial charge in [0.15, 0.2) is 4.80 Å². The van der Waals surface area contributed by atoms with Crippen LogP contribution in [-0.4, -0.2) is 23.1 Å². The quantitative estimate of drug-likeness (QED) is 0.576. The number of benzene rings is 2. The van der Waals surface area contributed by atoms with Crippen molar-refractivity contribution in [2.45, 2.75) is 20.4 Å². The number of fused-ring (bicyclic) bond motifs is 1. The first-order chi connectivity index (χ1) is 12.9. The summed E-state index contributed by atoms with van der Waals surface area (Å²) in [6, 6.07) is 10.4. The van der Waals surface area contributed by atoms with E-state index < -0.39 is 11.9 Å². The van der Waals surface area contributed by atoms with Gasteiger partial charge in [-0.1, -0.05) is 40.6 Å². The summed E-state index contributed by atoms with van der Waals surface area (Å²) < 4.78 is 7.65. The van der Waals surface area contributed by atoms with Crippen LogP contribution >= 0.6 is 34.5 Å².